The van der Waals surface area contributed by atoms with Crippen LogP contribution in [0.4, 0.5) is 5.69 Å². The molecule has 0 aliphatic carbocycles. The summed E-state index contributed by atoms with van der Waals surface area (Å²) >= 11 is 5.98. The minimum Gasteiger partial charge on any atom is -0.349 e. The van der Waals surface area contributed by atoms with Gasteiger partial charge in [0.1, 0.15) is 5.41 Å². The molecule has 0 aromatic heterocycles. The highest BCUT2D eigenvalue weighted by Crippen LogP contribution is 2.25. The standard InChI is InChI=1S/C20H23ClN2O2/c1-13-10-11-16(21)12-17(13)23-19(25)20(3,4)18(24)22-14(2)15-8-6-5-7-9-15/h5-12,14H,1-4H3,(H,22,24)(H,23,25). The van der Waals surface area contributed by atoms with Gasteiger partial charge in [-0.2, -0.15) is 0 Å². The fourth-order valence-electron chi connectivity index (χ4n) is 2.31. The van der Waals surface area contributed by atoms with Crippen LogP contribution >= 0.6 is 11.6 Å². The minimum atomic E-state index is -1.22. The van der Waals surface area contributed by atoms with E-state index in [-0.39, 0.29) is 17.9 Å². The number of carbonyl (C=O) groups is 2. The van der Waals surface area contributed by atoms with Crippen molar-refractivity contribution < 1.29 is 9.59 Å². The Morgan fingerprint density at radius 2 is 1.68 bits per heavy atom. The third-order valence-corrected chi connectivity index (χ3v) is 4.47. The van der Waals surface area contributed by atoms with E-state index in [1.807, 2.05) is 50.2 Å². The number of nitrogens with one attached hydrogen (secondary N) is 2. The van der Waals surface area contributed by atoms with E-state index in [9.17, 15) is 9.59 Å². The highest BCUT2D eigenvalue weighted by atomic mass is 35.5. The van der Waals surface area contributed by atoms with Gasteiger partial charge in [-0.1, -0.05) is 48.0 Å². The number of amides is 2. The van der Waals surface area contributed by atoms with Crippen molar-refractivity contribution in [3.8, 4) is 0 Å². The van der Waals surface area contributed by atoms with Gasteiger partial charge in [-0.05, 0) is 51.0 Å². The number of hydrogen-bond donors (Lipinski definition) is 2. The Morgan fingerprint density at radius 3 is 2.32 bits per heavy atom. The maximum atomic E-state index is 12.6. The number of carbonyl (C=O) groups excluding carboxylic acids is 2. The molecule has 1 atom stereocenters. The molecule has 0 radical (unpaired) electrons. The second-order valence-corrected chi connectivity index (χ2v) is 7.08. The molecular formula is C20H23ClN2O2. The molecule has 2 rings (SSSR count). The van der Waals surface area contributed by atoms with E-state index in [0.717, 1.165) is 11.1 Å². The summed E-state index contributed by atoms with van der Waals surface area (Å²) in [4.78, 5) is 25.3. The van der Waals surface area contributed by atoms with Crippen LogP contribution in [0.1, 0.15) is 37.9 Å². The van der Waals surface area contributed by atoms with Crippen molar-refractivity contribution in [2.24, 2.45) is 5.41 Å². The van der Waals surface area contributed by atoms with E-state index in [1.165, 1.54) is 0 Å². The van der Waals surface area contributed by atoms with Crippen LogP contribution in [-0.4, -0.2) is 11.8 Å². The van der Waals surface area contributed by atoms with Gasteiger partial charge in [0, 0.05) is 10.7 Å². The summed E-state index contributed by atoms with van der Waals surface area (Å²) in [6, 6.07) is 14.7. The predicted octanol–water partition coefficient (Wildman–Crippen LogP) is 4.49. The average Bonchev–Trinajstić information content (AvgIpc) is 2.58. The monoisotopic (exact) mass is 358 g/mol. The number of benzene rings is 2. The summed E-state index contributed by atoms with van der Waals surface area (Å²) in [6.07, 6.45) is 0. The number of hydrogen-bond acceptors (Lipinski definition) is 2. The van der Waals surface area contributed by atoms with Crippen LogP contribution in [0, 0.1) is 12.3 Å². The molecule has 1 unspecified atom stereocenters. The van der Waals surface area contributed by atoms with Gasteiger partial charge in [-0.3, -0.25) is 9.59 Å². The van der Waals surface area contributed by atoms with Crippen LogP contribution in [0.25, 0.3) is 0 Å². The largest absolute Gasteiger partial charge is 0.349 e. The maximum Gasteiger partial charge on any atom is 0.239 e. The van der Waals surface area contributed by atoms with Gasteiger partial charge >= 0.3 is 0 Å². The van der Waals surface area contributed by atoms with Crippen molar-refractivity contribution in [3.63, 3.8) is 0 Å². The van der Waals surface area contributed by atoms with Crippen molar-refractivity contribution in [3.05, 3.63) is 64.7 Å². The molecular weight excluding hydrogens is 336 g/mol. The lowest BCUT2D eigenvalue weighted by molar-refractivity contribution is -0.138. The summed E-state index contributed by atoms with van der Waals surface area (Å²) in [6.45, 7) is 6.98. The maximum absolute atomic E-state index is 12.6. The molecule has 0 saturated heterocycles. The first-order chi connectivity index (χ1) is 11.7. The van der Waals surface area contributed by atoms with Gasteiger partial charge in [-0.15, -0.1) is 0 Å². The van der Waals surface area contributed by atoms with Gasteiger partial charge in [0.2, 0.25) is 11.8 Å². The van der Waals surface area contributed by atoms with Crippen LogP contribution in [0.5, 0.6) is 0 Å². The highest BCUT2D eigenvalue weighted by molar-refractivity contribution is 6.31. The summed E-state index contributed by atoms with van der Waals surface area (Å²) in [5.41, 5.74) is 1.25. The first-order valence-electron chi connectivity index (χ1n) is 8.15. The van der Waals surface area contributed by atoms with Crippen LogP contribution in [0.15, 0.2) is 48.5 Å². The number of halogens is 1. The van der Waals surface area contributed by atoms with Crippen LogP contribution in [0.2, 0.25) is 5.02 Å². The zero-order valence-electron chi connectivity index (χ0n) is 14.9. The lowest BCUT2D eigenvalue weighted by atomic mass is 9.90. The Balaban J connectivity index is 2.09. The van der Waals surface area contributed by atoms with Gasteiger partial charge < -0.3 is 10.6 Å². The summed E-state index contributed by atoms with van der Waals surface area (Å²) in [5.74, 6) is -0.711. The van der Waals surface area contributed by atoms with E-state index >= 15 is 0 Å². The van der Waals surface area contributed by atoms with Crippen molar-refractivity contribution in [1.82, 2.24) is 5.32 Å². The molecule has 25 heavy (non-hydrogen) atoms. The molecule has 0 heterocycles. The number of anilines is 1. The Bertz CT molecular complexity index is 773. The molecule has 2 amide bonds. The molecule has 132 valence electrons. The Kier molecular flexibility index (Phi) is 5.85. The van der Waals surface area contributed by atoms with Gasteiger partial charge in [0.15, 0.2) is 0 Å². The van der Waals surface area contributed by atoms with E-state index in [2.05, 4.69) is 10.6 Å². The van der Waals surface area contributed by atoms with Gasteiger partial charge in [-0.25, -0.2) is 0 Å². The zero-order chi connectivity index (χ0) is 18.6. The Hall–Kier alpha value is -2.33. The lowest BCUT2D eigenvalue weighted by Crippen LogP contribution is -2.45. The molecule has 0 spiro atoms. The second kappa shape index (κ2) is 7.70. The molecule has 0 bridgehead atoms. The third kappa shape index (κ3) is 4.60. The Labute approximate surface area is 153 Å². The molecule has 2 N–H and O–H groups in total. The molecule has 5 heteroatoms. The fraction of sp³-hybridized carbons (Fsp3) is 0.300. The quantitative estimate of drug-likeness (QED) is 0.773. The van der Waals surface area contributed by atoms with E-state index in [4.69, 9.17) is 11.6 Å². The summed E-state index contributed by atoms with van der Waals surface area (Å²) < 4.78 is 0. The van der Waals surface area contributed by atoms with E-state index in [1.54, 1.807) is 26.0 Å². The normalized spacial score (nSPS) is 12.4. The van der Waals surface area contributed by atoms with Crippen molar-refractivity contribution in [2.45, 2.75) is 33.7 Å². The number of rotatable bonds is 5. The molecule has 0 saturated carbocycles. The van der Waals surface area contributed by atoms with Gasteiger partial charge in [0.05, 0.1) is 6.04 Å². The zero-order valence-corrected chi connectivity index (χ0v) is 15.6. The lowest BCUT2D eigenvalue weighted by Gasteiger charge is -2.25. The molecule has 2 aromatic rings. The predicted molar refractivity (Wildman–Crippen MR) is 102 cm³/mol. The topological polar surface area (TPSA) is 58.2 Å². The Morgan fingerprint density at radius 1 is 1.04 bits per heavy atom. The molecule has 0 fully saturated rings. The first kappa shape index (κ1) is 19.0. The van der Waals surface area contributed by atoms with Crippen molar-refractivity contribution >= 4 is 29.1 Å². The van der Waals surface area contributed by atoms with Crippen LogP contribution in [-0.2, 0) is 9.59 Å². The van der Waals surface area contributed by atoms with Crippen molar-refractivity contribution in [1.29, 1.82) is 0 Å². The van der Waals surface area contributed by atoms with Crippen LogP contribution in [0.3, 0.4) is 0 Å². The van der Waals surface area contributed by atoms with Crippen molar-refractivity contribution in [2.75, 3.05) is 5.32 Å². The van der Waals surface area contributed by atoms with Gasteiger partial charge in [0.25, 0.3) is 0 Å². The van der Waals surface area contributed by atoms with E-state index in [0.29, 0.717) is 10.7 Å². The molecule has 2 aromatic carbocycles. The first-order valence-corrected chi connectivity index (χ1v) is 8.53. The molecule has 0 aliphatic rings. The summed E-state index contributed by atoms with van der Waals surface area (Å²) in [5, 5.41) is 6.23. The van der Waals surface area contributed by atoms with E-state index < -0.39 is 5.41 Å². The fourth-order valence-corrected chi connectivity index (χ4v) is 2.48. The minimum absolute atomic E-state index is 0.186. The molecule has 4 nitrogen and oxygen atoms in total. The smallest absolute Gasteiger partial charge is 0.239 e. The molecule has 0 aliphatic heterocycles. The van der Waals surface area contributed by atoms with Crippen LogP contribution < -0.4 is 10.6 Å². The number of aryl methyl sites for hydroxylation is 1. The summed E-state index contributed by atoms with van der Waals surface area (Å²) in [7, 11) is 0. The second-order valence-electron chi connectivity index (χ2n) is 6.64. The third-order valence-electron chi connectivity index (χ3n) is 4.23. The SMILES string of the molecule is Cc1ccc(Cl)cc1NC(=O)C(C)(C)C(=O)NC(C)c1ccccc1. The highest BCUT2D eigenvalue weighted by Gasteiger charge is 2.37. The average molecular weight is 359 g/mol.